The Balaban J connectivity index is 1.79. The van der Waals surface area contributed by atoms with Gasteiger partial charge in [-0.05, 0) is 50.4 Å². The predicted molar refractivity (Wildman–Crippen MR) is 91.7 cm³/mol. The van der Waals surface area contributed by atoms with Crippen LogP contribution in [0.1, 0.15) is 65.7 Å². The Bertz CT molecular complexity index is 679. The largest absolute Gasteiger partial charge is 0.300 e. The van der Waals surface area contributed by atoms with Gasteiger partial charge in [0.25, 0.3) is 0 Å². The second-order valence-corrected chi connectivity index (χ2v) is 9.35. The second-order valence-electron chi connectivity index (χ2n) is 9.35. The van der Waals surface area contributed by atoms with Gasteiger partial charge in [-0.2, -0.15) is 0 Å². The Hall–Kier alpha value is -1.32. The number of fused-ring (bicyclic) bond motifs is 5. The molecule has 4 aliphatic rings. The minimum atomic E-state index is -0.705. The Morgan fingerprint density at radius 3 is 2.32 bits per heavy atom. The first kappa shape index (κ1) is 17.1. The van der Waals surface area contributed by atoms with E-state index in [9.17, 15) is 19.2 Å². The summed E-state index contributed by atoms with van der Waals surface area (Å²) in [6.07, 6.45) is 4.60. The lowest BCUT2D eigenvalue weighted by atomic mass is 9.44. The molecule has 0 aromatic carbocycles. The molecule has 7 atom stereocenters. The molecule has 0 unspecified atom stereocenters. The molecule has 0 aromatic heterocycles. The molecule has 4 heteroatoms. The van der Waals surface area contributed by atoms with Gasteiger partial charge in [0.2, 0.25) is 0 Å². The fourth-order valence-corrected chi connectivity index (χ4v) is 7.15. The van der Waals surface area contributed by atoms with Crippen LogP contribution in [-0.2, 0) is 19.2 Å². The first-order valence-corrected chi connectivity index (χ1v) is 9.82. The summed E-state index contributed by atoms with van der Waals surface area (Å²) in [5.41, 5.74) is -1.23. The quantitative estimate of drug-likeness (QED) is 0.733. The van der Waals surface area contributed by atoms with Crippen molar-refractivity contribution < 1.29 is 19.2 Å². The number of hydrogen-bond acceptors (Lipinski definition) is 4. The highest BCUT2D eigenvalue weighted by Gasteiger charge is 2.67. The van der Waals surface area contributed by atoms with Crippen LogP contribution in [0.5, 0.6) is 0 Å². The van der Waals surface area contributed by atoms with Gasteiger partial charge in [0.05, 0.1) is 0 Å². The number of carbonyl (C=O) groups excluding carboxylic acids is 4. The first-order chi connectivity index (χ1) is 11.7. The van der Waals surface area contributed by atoms with Gasteiger partial charge in [0.1, 0.15) is 23.1 Å². The highest BCUT2D eigenvalue weighted by atomic mass is 16.1. The van der Waals surface area contributed by atoms with Crippen molar-refractivity contribution in [3.05, 3.63) is 0 Å². The average molecular weight is 344 g/mol. The Labute approximate surface area is 149 Å². The number of Topliss-reactive ketones (excluding diaryl/α,β-unsaturated/α-hetero) is 4. The van der Waals surface area contributed by atoms with E-state index in [4.69, 9.17) is 0 Å². The zero-order chi connectivity index (χ0) is 18.1. The Morgan fingerprint density at radius 2 is 1.64 bits per heavy atom. The van der Waals surface area contributed by atoms with E-state index < -0.39 is 10.8 Å². The SMILES string of the molecule is CC(=O)[C@@H]1CC[C@@H]2[C@@H]3C(=O)C[C@H]4CCCC(=O)[C@]4(C)[C@H]3CC(=O)[C@@]21C. The molecule has 4 aliphatic carbocycles. The minimum Gasteiger partial charge on any atom is -0.300 e. The minimum absolute atomic E-state index is 0.0624. The molecular formula is C21H28O4. The van der Waals surface area contributed by atoms with Gasteiger partial charge < -0.3 is 0 Å². The van der Waals surface area contributed by atoms with Gasteiger partial charge in [-0.15, -0.1) is 0 Å². The van der Waals surface area contributed by atoms with Gasteiger partial charge in [-0.1, -0.05) is 13.8 Å². The monoisotopic (exact) mass is 344 g/mol. The Kier molecular flexibility index (Phi) is 3.66. The zero-order valence-corrected chi connectivity index (χ0v) is 15.5. The van der Waals surface area contributed by atoms with Crippen LogP contribution in [0.3, 0.4) is 0 Å². The molecule has 0 amide bonds. The molecule has 0 N–H and O–H groups in total. The number of hydrogen-bond donors (Lipinski definition) is 0. The highest BCUT2D eigenvalue weighted by molar-refractivity contribution is 5.98. The van der Waals surface area contributed by atoms with E-state index in [1.807, 2.05) is 13.8 Å². The summed E-state index contributed by atoms with van der Waals surface area (Å²) >= 11 is 0. The van der Waals surface area contributed by atoms with Crippen molar-refractivity contribution in [1.29, 1.82) is 0 Å². The van der Waals surface area contributed by atoms with Crippen LogP contribution < -0.4 is 0 Å². The van der Waals surface area contributed by atoms with Crippen LogP contribution in [-0.4, -0.2) is 23.1 Å². The molecule has 4 nitrogen and oxygen atoms in total. The van der Waals surface area contributed by atoms with E-state index in [1.165, 1.54) is 0 Å². The predicted octanol–water partition coefficient (Wildman–Crippen LogP) is 3.16. The molecule has 4 fully saturated rings. The summed E-state index contributed by atoms with van der Waals surface area (Å²) in [6.45, 7) is 5.51. The summed E-state index contributed by atoms with van der Waals surface area (Å²) in [7, 11) is 0. The van der Waals surface area contributed by atoms with Crippen LogP contribution in [0.15, 0.2) is 0 Å². The summed E-state index contributed by atoms with van der Waals surface area (Å²) in [5.74, 6) is 0.100. The van der Waals surface area contributed by atoms with Crippen molar-refractivity contribution in [3.8, 4) is 0 Å². The molecular weight excluding hydrogens is 316 g/mol. The molecule has 4 saturated carbocycles. The molecule has 0 spiro atoms. The highest BCUT2D eigenvalue weighted by Crippen LogP contribution is 2.64. The summed E-state index contributed by atoms with van der Waals surface area (Å²) in [5, 5.41) is 0. The van der Waals surface area contributed by atoms with Crippen molar-refractivity contribution in [1.82, 2.24) is 0 Å². The summed E-state index contributed by atoms with van der Waals surface area (Å²) < 4.78 is 0. The maximum absolute atomic E-state index is 13.2. The van der Waals surface area contributed by atoms with E-state index in [0.717, 1.165) is 19.3 Å². The average Bonchev–Trinajstić information content (AvgIpc) is 2.90. The molecule has 0 heterocycles. The van der Waals surface area contributed by atoms with Crippen LogP contribution >= 0.6 is 0 Å². The van der Waals surface area contributed by atoms with Crippen molar-refractivity contribution in [3.63, 3.8) is 0 Å². The summed E-state index contributed by atoms with van der Waals surface area (Å²) in [4.78, 5) is 51.3. The maximum Gasteiger partial charge on any atom is 0.140 e. The van der Waals surface area contributed by atoms with Crippen molar-refractivity contribution in [2.24, 2.45) is 40.4 Å². The van der Waals surface area contributed by atoms with Crippen molar-refractivity contribution in [2.75, 3.05) is 0 Å². The van der Waals surface area contributed by atoms with Crippen molar-refractivity contribution in [2.45, 2.75) is 65.7 Å². The lowest BCUT2D eigenvalue weighted by Gasteiger charge is -2.57. The van der Waals surface area contributed by atoms with Crippen molar-refractivity contribution >= 4 is 23.1 Å². The third kappa shape index (κ3) is 2.00. The fraction of sp³-hybridized carbons (Fsp3) is 0.810. The van der Waals surface area contributed by atoms with E-state index in [0.29, 0.717) is 25.7 Å². The standard InChI is InChI=1S/C21H28O4/c1-11(22)13-7-8-14-19-15(10-18(25)21(13,14)3)20(2)12(9-16(19)23)5-4-6-17(20)24/h12-15,19H,4-10H2,1-3H3/t12-,13+,14-,15+,19+,20+,21-/m1/s1. The smallest absolute Gasteiger partial charge is 0.140 e. The third-order valence-corrected chi connectivity index (χ3v) is 8.62. The summed E-state index contributed by atoms with van der Waals surface area (Å²) in [6, 6.07) is 0. The van der Waals surface area contributed by atoms with Crippen LogP contribution in [0, 0.1) is 40.4 Å². The van der Waals surface area contributed by atoms with Gasteiger partial charge >= 0.3 is 0 Å². The lowest BCUT2D eigenvalue weighted by Crippen LogP contribution is -2.61. The van der Waals surface area contributed by atoms with Gasteiger partial charge in [0, 0.05) is 41.9 Å². The van der Waals surface area contributed by atoms with E-state index in [1.54, 1.807) is 6.92 Å². The molecule has 4 rings (SSSR count). The molecule has 0 radical (unpaired) electrons. The molecule has 0 aromatic rings. The molecule has 136 valence electrons. The molecule has 25 heavy (non-hydrogen) atoms. The van der Waals surface area contributed by atoms with E-state index in [-0.39, 0.29) is 52.7 Å². The third-order valence-electron chi connectivity index (χ3n) is 8.62. The van der Waals surface area contributed by atoms with Crippen LogP contribution in [0.25, 0.3) is 0 Å². The zero-order valence-electron chi connectivity index (χ0n) is 15.5. The van der Waals surface area contributed by atoms with Gasteiger partial charge in [0.15, 0.2) is 0 Å². The van der Waals surface area contributed by atoms with Gasteiger partial charge in [-0.3, -0.25) is 19.2 Å². The fourth-order valence-electron chi connectivity index (χ4n) is 7.15. The number of rotatable bonds is 1. The van der Waals surface area contributed by atoms with Gasteiger partial charge in [-0.25, -0.2) is 0 Å². The molecule has 0 aliphatic heterocycles. The normalized spacial score (nSPS) is 49.4. The Morgan fingerprint density at radius 1 is 0.920 bits per heavy atom. The van der Waals surface area contributed by atoms with E-state index >= 15 is 0 Å². The van der Waals surface area contributed by atoms with Crippen LogP contribution in [0.4, 0.5) is 0 Å². The maximum atomic E-state index is 13.2. The first-order valence-electron chi connectivity index (χ1n) is 9.82. The topological polar surface area (TPSA) is 68.3 Å². The second kappa shape index (κ2) is 5.34. The number of ketones is 4. The number of carbonyl (C=O) groups is 4. The molecule has 0 bridgehead atoms. The lowest BCUT2D eigenvalue weighted by molar-refractivity contribution is -0.170. The van der Waals surface area contributed by atoms with Crippen LogP contribution in [0.2, 0.25) is 0 Å². The van der Waals surface area contributed by atoms with E-state index in [2.05, 4.69) is 0 Å². The molecule has 0 saturated heterocycles.